The van der Waals surface area contributed by atoms with Crippen molar-refractivity contribution in [1.82, 2.24) is 0 Å². The Hall–Kier alpha value is -0.540. The molecule has 1 aromatic carbocycles. The van der Waals surface area contributed by atoms with Crippen LogP contribution in [0.1, 0.15) is 18.4 Å². The van der Waals surface area contributed by atoms with E-state index >= 15 is 0 Å². The lowest BCUT2D eigenvalue weighted by Gasteiger charge is -2.27. The lowest BCUT2D eigenvalue weighted by atomic mass is 9.87. The van der Waals surface area contributed by atoms with E-state index < -0.39 is 0 Å². The van der Waals surface area contributed by atoms with Crippen LogP contribution in [0.15, 0.2) is 22.7 Å². The zero-order valence-electron chi connectivity index (χ0n) is 8.50. The van der Waals surface area contributed by atoms with Crippen molar-refractivity contribution in [2.24, 2.45) is 11.7 Å². The van der Waals surface area contributed by atoms with Crippen LogP contribution in [0.5, 0.6) is 5.75 Å². The van der Waals surface area contributed by atoms with Crippen LogP contribution in [0.4, 0.5) is 0 Å². The number of hydrogen-bond donors (Lipinski definition) is 1. The summed E-state index contributed by atoms with van der Waals surface area (Å²) >= 11 is 3.55. The third-order valence-corrected chi connectivity index (χ3v) is 4.44. The molecule has 0 radical (unpaired) electrons. The summed E-state index contributed by atoms with van der Waals surface area (Å²) in [5.41, 5.74) is 7.48. The number of nitrogens with two attached hydrogens (primary N) is 1. The van der Waals surface area contributed by atoms with Crippen molar-refractivity contribution in [2.75, 3.05) is 13.2 Å². The van der Waals surface area contributed by atoms with Crippen molar-refractivity contribution < 1.29 is 4.74 Å². The smallest absolute Gasteiger partial charge is 0.137 e. The first kappa shape index (κ1) is 9.67. The van der Waals surface area contributed by atoms with Gasteiger partial charge in [-0.25, -0.2) is 0 Å². The number of fused-ring (bicyclic) bond motifs is 2. The fourth-order valence-electron chi connectivity index (χ4n) is 2.84. The fourth-order valence-corrected chi connectivity index (χ4v) is 3.32. The van der Waals surface area contributed by atoms with Crippen LogP contribution in [0.2, 0.25) is 0 Å². The van der Waals surface area contributed by atoms with E-state index in [-0.39, 0.29) is 0 Å². The van der Waals surface area contributed by atoms with Gasteiger partial charge in [-0.1, -0.05) is 12.1 Å². The van der Waals surface area contributed by atoms with Crippen LogP contribution >= 0.6 is 15.9 Å². The zero-order valence-corrected chi connectivity index (χ0v) is 10.1. The minimum Gasteiger partial charge on any atom is -0.492 e. The molecule has 2 atom stereocenters. The SMILES string of the molecule is NCC1CC12CCOc1c(Br)cccc12. The Morgan fingerprint density at radius 3 is 3.13 bits per heavy atom. The van der Waals surface area contributed by atoms with Gasteiger partial charge in [0.25, 0.3) is 0 Å². The van der Waals surface area contributed by atoms with E-state index in [2.05, 4.69) is 28.1 Å². The monoisotopic (exact) mass is 267 g/mol. The first-order chi connectivity index (χ1) is 7.28. The van der Waals surface area contributed by atoms with Gasteiger partial charge in [0.15, 0.2) is 0 Å². The average molecular weight is 268 g/mol. The summed E-state index contributed by atoms with van der Waals surface area (Å²) in [6, 6.07) is 6.32. The maximum atomic E-state index is 5.78. The Balaban J connectivity index is 2.09. The molecule has 2 N–H and O–H groups in total. The quantitative estimate of drug-likeness (QED) is 0.849. The fraction of sp³-hybridized carbons (Fsp3) is 0.500. The Morgan fingerprint density at radius 2 is 2.40 bits per heavy atom. The van der Waals surface area contributed by atoms with E-state index in [1.807, 2.05) is 6.07 Å². The molecule has 0 bridgehead atoms. The molecule has 1 fully saturated rings. The van der Waals surface area contributed by atoms with Crippen LogP contribution in [0, 0.1) is 5.92 Å². The van der Waals surface area contributed by atoms with Gasteiger partial charge in [-0.05, 0) is 47.3 Å². The number of benzene rings is 1. The van der Waals surface area contributed by atoms with Gasteiger partial charge in [0.1, 0.15) is 5.75 Å². The van der Waals surface area contributed by atoms with Crippen LogP contribution < -0.4 is 10.5 Å². The number of para-hydroxylation sites is 1. The highest BCUT2D eigenvalue weighted by Gasteiger charge is 2.56. The van der Waals surface area contributed by atoms with Crippen molar-refractivity contribution in [3.63, 3.8) is 0 Å². The molecule has 1 aromatic rings. The van der Waals surface area contributed by atoms with E-state index in [9.17, 15) is 0 Å². The highest BCUT2D eigenvalue weighted by molar-refractivity contribution is 9.10. The maximum Gasteiger partial charge on any atom is 0.137 e. The summed E-state index contributed by atoms with van der Waals surface area (Å²) in [6.07, 6.45) is 2.36. The molecule has 2 nitrogen and oxygen atoms in total. The van der Waals surface area contributed by atoms with Gasteiger partial charge < -0.3 is 10.5 Å². The number of hydrogen-bond acceptors (Lipinski definition) is 2. The first-order valence-corrected chi connectivity index (χ1v) is 6.19. The van der Waals surface area contributed by atoms with Gasteiger partial charge in [-0.3, -0.25) is 0 Å². The molecule has 1 aliphatic heterocycles. The van der Waals surface area contributed by atoms with Gasteiger partial charge in [0, 0.05) is 11.0 Å². The lowest BCUT2D eigenvalue weighted by molar-refractivity contribution is 0.252. The third-order valence-electron chi connectivity index (χ3n) is 3.81. The minimum absolute atomic E-state index is 0.339. The summed E-state index contributed by atoms with van der Waals surface area (Å²) in [5.74, 6) is 1.70. The molecule has 1 heterocycles. The summed E-state index contributed by atoms with van der Waals surface area (Å²) in [4.78, 5) is 0. The molecule has 15 heavy (non-hydrogen) atoms. The number of rotatable bonds is 1. The standard InChI is InChI=1S/C12H14BrNO/c13-10-3-1-2-9-11(10)15-5-4-12(9)6-8(12)7-14/h1-3,8H,4-7,14H2. The summed E-state index contributed by atoms with van der Waals surface area (Å²) in [6.45, 7) is 1.62. The second-order valence-corrected chi connectivity index (χ2v) is 5.36. The molecule has 1 aliphatic carbocycles. The van der Waals surface area contributed by atoms with Crippen molar-refractivity contribution in [3.05, 3.63) is 28.2 Å². The molecule has 1 saturated carbocycles. The van der Waals surface area contributed by atoms with Gasteiger partial charge in [-0.2, -0.15) is 0 Å². The molecule has 0 amide bonds. The molecular formula is C12H14BrNO. The van der Waals surface area contributed by atoms with Gasteiger partial charge in [-0.15, -0.1) is 0 Å². The molecule has 80 valence electrons. The van der Waals surface area contributed by atoms with Crippen molar-refractivity contribution in [3.8, 4) is 5.75 Å². The molecule has 0 aromatic heterocycles. The number of ether oxygens (including phenoxy) is 1. The van der Waals surface area contributed by atoms with Gasteiger partial charge in [0.2, 0.25) is 0 Å². The van der Waals surface area contributed by atoms with Crippen molar-refractivity contribution in [1.29, 1.82) is 0 Å². The van der Waals surface area contributed by atoms with E-state index in [1.54, 1.807) is 0 Å². The van der Waals surface area contributed by atoms with Crippen LogP contribution in [-0.4, -0.2) is 13.2 Å². The Morgan fingerprint density at radius 1 is 1.53 bits per heavy atom. The predicted octanol–water partition coefficient (Wildman–Crippen LogP) is 2.45. The second kappa shape index (κ2) is 3.22. The normalized spacial score (nSPS) is 32.3. The third kappa shape index (κ3) is 1.26. The maximum absolute atomic E-state index is 5.78. The predicted molar refractivity (Wildman–Crippen MR) is 63.1 cm³/mol. The molecular weight excluding hydrogens is 254 g/mol. The van der Waals surface area contributed by atoms with E-state index in [4.69, 9.17) is 10.5 Å². The van der Waals surface area contributed by atoms with Crippen LogP contribution in [0.25, 0.3) is 0 Å². The Kier molecular flexibility index (Phi) is 2.08. The minimum atomic E-state index is 0.339. The molecule has 0 saturated heterocycles. The molecule has 2 unspecified atom stereocenters. The molecule has 1 spiro atoms. The van der Waals surface area contributed by atoms with E-state index in [0.717, 1.165) is 29.8 Å². The largest absolute Gasteiger partial charge is 0.492 e. The van der Waals surface area contributed by atoms with Gasteiger partial charge >= 0.3 is 0 Å². The van der Waals surface area contributed by atoms with E-state index in [1.165, 1.54) is 12.0 Å². The van der Waals surface area contributed by atoms with Gasteiger partial charge in [0.05, 0.1) is 11.1 Å². The topological polar surface area (TPSA) is 35.2 Å². The first-order valence-electron chi connectivity index (χ1n) is 5.40. The zero-order chi connectivity index (χ0) is 10.5. The molecule has 3 heteroatoms. The molecule has 2 aliphatic rings. The second-order valence-electron chi connectivity index (χ2n) is 4.51. The highest BCUT2D eigenvalue weighted by atomic mass is 79.9. The highest BCUT2D eigenvalue weighted by Crippen LogP contribution is 2.60. The van der Waals surface area contributed by atoms with Crippen molar-refractivity contribution in [2.45, 2.75) is 18.3 Å². The Labute approximate surface area is 97.9 Å². The van der Waals surface area contributed by atoms with Crippen molar-refractivity contribution >= 4 is 15.9 Å². The average Bonchev–Trinajstić information content (AvgIpc) is 2.95. The van der Waals surface area contributed by atoms with Crippen LogP contribution in [-0.2, 0) is 5.41 Å². The van der Waals surface area contributed by atoms with E-state index in [0.29, 0.717) is 11.3 Å². The Bertz CT molecular complexity index is 407. The van der Waals surface area contributed by atoms with Crippen LogP contribution in [0.3, 0.4) is 0 Å². The summed E-state index contributed by atoms with van der Waals surface area (Å²) in [7, 11) is 0. The number of halogens is 1. The summed E-state index contributed by atoms with van der Waals surface area (Å²) in [5, 5.41) is 0. The molecule has 3 rings (SSSR count). The summed E-state index contributed by atoms with van der Waals surface area (Å²) < 4.78 is 6.81. The lowest BCUT2D eigenvalue weighted by Crippen LogP contribution is -2.24.